The number of amidine groups is 2. The lowest BCUT2D eigenvalue weighted by atomic mass is 10.1. The number of nitrogens with zero attached hydrogens (tertiary/aromatic N) is 3. The van der Waals surface area contributed by atoms with Gasteiger partial charge in [0, 0.05) is 18.0 Å². The van der Waals surface area contributed by atoms with Crippen LogP contribution in [-0.4, -0.2) is 46.2 Å². The summed E-state index contributed by atoms with van der Waals surface area (Å²) in [5.74, 6) is 0.980. The van der Waals surface area contributed by atoms with Crippen LogP contribution in [0.4, 0.5) is 0 Å². The molecule has 0 saturated carbocycles. The van der Waals surface area contributed by atoms with Gasteiger partial charge in [0.2, 0.25) is 0 Å². The van der Waals surface area contributed by atoms with Crippen LogP contribution >= 0.6 is 23.5 Å². The van der Waals surface area contributed by atoms with Gasteiger partial charge in [-0.2, -0.15) is 0 Å². The molecule has 3 aliphatic rings. The Morgan fingerprint density at radius 2 is 2.41 bits per heavy atom. The molecular weight excluding hydrogens is 252 g/mol. The average molecular weight is 268 g/mol. The summed E-state index contributed by atoms with van der Waals surface area (Å²) in [5.41, 5.74) is 1.49. The number of rotatable bonds is 2. The second-order valence-corrected chi connectivity index (χ2v) is 6.76. The molecule has 6 heteroatoms. The third-order valence-corrected chi connectivity index (χ3v) is 4.76. The van der Waals surface area contributed by atoms with Crippen LogP contribution in [0, 0.1) is 0 Å². The fraction of sp³-hybridized carbons (Fsp3) is 0.636. The van der Waals surface area contributed by atoms with Gasteiger partial charge in [0.05, 0.1) is 18.6 Å². The smallest absolute Gasteiger partial charge is 0.167 e. The zero-order valence-corrected chi connectivity index (χ0v) is 11.7. The van der Waals surface area contributed by atoms with Crippen LogP contribution in [0.3, 0.4) is 0 Å². The molecule has 0 aromatic rings. The molecule has 1 N–H and O–H groups in total. The molecule has 0 unspecified atom stereocenters. The minimum Gasteiger partial charge on any atom is -0.358 e. The van der Waals surface area contributed by atoms with Gasteiger partial charge in [-0.3, -0.25) is 9.98 Å². The lowest BCUT2D eigenvalue weighted by Crippen LogP contribution is -2.38. The molecule has 0 aromatic heterocycles. The SMILES string of the molecule is CC1(C)CN=C(SCC2=CSC3=NCCN23)N1. The summed E-state index contributed by atoms with van der Waals surface area (Å²) >= 11 is 3.54. The van der Waals surface area contributed by atoms with Crippen molar-refractivity contribution in [2.45, 2.75) is 19.4 Å². The van der Waals surface area contributed by atoms with Crippen molar-refractivity contribution in [3.05, 3.63) is 11.1 Å². The van der Waals surface area contributed by atoms with Crippen molar-refractivity contribution in [3.8, 4) is 0 Å². The number of thioether (sulfide) groups is 2. The highest BCUT2D eigenvalue weighted by molar-refractivity contribution is 8.17. The van der Waals surface area contributed by atoms with Crippen molar-refractivity contribution in [3.63, 3.8) is 0 Å². The summed E-state index contributed by atoms with van der Waals surface area (Å²) < 4.78 is 0. The van der Waals surface area contributed by atoms with E-state index in [1.165, 1.54) is 10.9 Å². The predicted molar refractivity (Wildman–Crippen MR) is 76.7 cm³/mol. The fourth-order valence-corrected chi connectivity index (χ4v) is 4.04. The first-order valence-corrected chi connectivity index (χ1v) is 7.64. The van der Waals surface area contributed by atoms with Crippen LogP contribution in [0.15, 0.2) is 21.1 Å². The van der Waals surface area contributed by atoms with Crippen molar-refractivity contribution < 1.29 is 0 Å². The first kappa shape index (κ1) is 11.5. The molecule has 0 amide bonds. The average Bonchev–Trinajstić information content (AvgIpc) is 2.90. The van der Waals surface area contributed by atoms with Gasteiger partial charge in [0.25, 0.3) is 0 Å². The topological polar surface area (TPSA) is 40.0 Å². The highest BCUT2D eigenvalue weighted by Gasteiger charge is 2.28. The third kappa shape index (κ3) is 2.33. The quantitative estimate of drug-likeness (QED) is 0.828. The lowest BCUT2D eigenvalue weighted by molar-refractivity contribution is 0.508. The molecule has 3 aliphatic heterocycles. The van der Waals surface area contributed by atoms with Crippen LogP contribution in [0.25, 0.3) is 0 Å². The van der Waals surface area contributed by atoms with Crippen LogP contribution < -0.4 is 5.32 Å². The Kier molecular flexibility index (Phi) is 2.86. The summed E-state index contributed by atoms with van der Waals surface area (Å²) in [5, 5.41) is 7.90. The van der Waals surface area contributed by atoms with Crippen molar-refractivity contribution >= 4 is 33.9 Å². The minimum atomic E-state index is 0.126. The van der Waals surface area contributed by atoms with Gasteiger partial charge >= 0.3 is 0 Å². The zero-order chi connectivity index (χ0) is 11.9. The maximum atomic E-state index is 4.52. The molecule has 92 valence electrons. The molecular formula is C11H16N4S2. The van der Waals surface area contributed by atoms with Crippen LogP contribution in [-0.2, 0) is 0 Å². The molecule has 0 bridgehead atoms. The van der Waals surface area contributed by atoms with Crippen molar-refractivity contribution in [1.82, 2.24) is 10.2 Å². The highest BCUT2D eigenvalue weighted by Crippen LogP contribution is 2.31. The number of aliphatic imine (C=N–C) groups is 2. The second-order valence-electron chi connectivity index (χ2n) is 4.96. The van der Waals surface area contributed by atoms with Crippen LogP contribution in [0.2, 0.25) is 0 Å². The molecule has 0 radical (unpaired) electrons. The van der Waals surface area contributed by atoms with Gasteiger partial charge in [0.15, 0.2) is 10.3 Å². The van der Waals surface area contributed by atoms with Crippen molar-refractivity contribution in [1.29, 1.82) is 0 Å². The normalized spacial score (nSPS) is 25.3. The summed E-state index contributed by atoms with van der Waals surface area (Å²) in [6, 6.07) is 0. The van der Waals surface area contributed by atoms with Gasteiger partial charge in [-0.1, -0.05) is 23.5 Å². The van der Waals surface area contributed by atoms with E-state index in [-0.39, 0.29) is 5.54 Å². The van der Waals surface area contributed by atoms with E-state index < -0.39 is 0 Å². The monoisotopic (exact) mass is 268 g/mol. The molecule has 0 fully saturated rings. The van der Waals surface area contributed by atoms with E-state index >= 15 is 0 Å². The summed E-state index contributed by atoms with van der Waals surface area (Å²) in [6.45, 7) is 7.22. The van der Waals surface area contributed by atoms with Crippen LogP contribution in [0.1, 0.15) is 13.8 Å². The van der Waals surface area contributed by atoms with E-state index in [4.69, 9.17) is 0 Å². The molecule has 0 aromatic carbocycles. The Bertz CT molecular complexity index is 425. The first-order chi connectivity index (χ1) is 8.14. The molecule has 3 rings (SSSR count). The molecule has 4 nitrogen and oxygen atoms in total. The molecule has 3 heterocycles. The summed E-state index contributed by atoms with van der Waals surface area (Å²) in [7, 11) is 0. The maximum absolute atomic E-state index is 4.52. The summed E-state index contributed by atoms with van der Waals surface area (Å²) in [6.07, 6.45) is 0. The van der Waals surface area contributed by atoms with E-state index in [1.54, 1.807) is 23.5 Å². The zero-order valence-electron chi connectivity index (χ0n) is 10.1. The lowest BCUT2D eigenvalue weighted by Gasteiger charge is -2.19. The predicted octanol–water partition coefficient (Wildman–Crippen LogP) is 1.72. The molecule has 17 heavy (non-hydrogen) atoms. The van der Waals surface area contributed by atoms with E-state index in [1.807, 2.05) is 0 Å². The highest BCUT2D eigenvalue weighted by atomic mass is 32.2. The van der Waals surface area contributed by atoms with E-state index in [9.17, 15) is 0 Å². The maximum Gasteiger partial charge on any atom is 0.167 e. The first-order valence-electron chi connectivity index (χ1n) is 5.77. The number of fused-ring (bicyclic) bond motifs is 1. The van der Waals surface area contributed by atoms with Gasteiger partial charge in [-0.25, -0.2) is 0 Å². The molecule has 0 saturated heterocycles. The van der Waals surface area contributed by atoms with Gasteiger partial charge in [-0.15, -0.1) is 0 Å². The van der Waals surface area contributed by atoms with Crippen molar-refractivity contribution in [2.24, 2.45) is 9.98 Å². The minimum absolute atomic E-state index is 0.126. The number of hydrogen-bond acceptors (Lipinski definition) is 6. The van der Waals surface area contributed by atoms with E-state index in [2.05, 4.69) is 39.5 Å². The largest absolute Gasteiger partial charge is 0.358 e. The molecule has 0 atom stereocenters. The Balaban J connectivity index is 1.54. The Hall–Kier alpha value is -0.620. The van der Waals surface area contributed by atoms with Gasteiger partial charge < -0.3 is 10.2 Å². The van der Waals surface area contributed by atoms with Crippen LogP contribution in [0.5, 0.6) is 0 Å². The summed E-state index contributed by atoms with van der Waals surface area (Å²) in [4.78, 5) is 11.3. The van der Waals surface area contributed by atoms with E-state index in [0.29, 0.717) is 0 Å². The molecule has 0 spiro atoms. The number of hydrogen-bond donors (Lipinski definition) is 1. The van der Waals surface area contributed by atoms with Gasteiger partial charge in [0.1, 0.15) is 0 Å². The number of nitrogens with one attached hydrogen (secondary N) is 1. The van der Waals surface area contributed by atoms with E-state index in [0.717, 1.165) is 30.6 Å². The van der Waals surface area contributed by atoms with Crippen molar-refractivity contribution in [2.75, 3.05) is 25.4 Å². The Morgan fingerprint density at radius 1 is 1.53 bits per heavy atom. The second kappa shape index (κ2) is 4.24. The Labute approximate surface area is 110 Å². The standard InChI is InChI=1S/C11H16N4S2/c1-11(2)7-13-9(14-11)16-5-8-6-17-10-12-3-4-15(8)10/h6H,3-5,7H2,1-2H3,(H,13,14). The Morgan fingerprint density at radius 3 is 3.18 bits per heavy atom. The third-order valence-electron chi connectivity index (χ3n) is 2.87. The fourth-order valence-electron chi connectivity index (χ4n) is 1.95. The van der Waals surface area contributed by atoms with Gasteiger partial charge in [-0.05, 0) is 19.3 Å². The molecule has 0 aliphatic carbocycles.